The number of aromatic nitrogens is 2. The molecule has 0 radical (unpaired) electrons. The van der Waals surface area contributed by atoms with Gasteiger partial charge in [-0.15, -0.1) is 5.10 Å². The first-order valence-corrected chi connectivity index (χ1v) is 10.5. The average molecular weight is 458 g/mol. The number of benzene rings is 1. The smallest absolute Gasteiger partial charge is 0.416 e. The van der Waals surface area contributed by atoms with Gasteiger partial charge in [0.15, 0.2) is 0 Å². The normalized spacial score (nSPS) is 17.8. The molecule has 33 heavy (non-hydrogen) atoms. The fraction of sp³-hybridized carbons (Fsp3) is 0.417. The van der Waals surface area contributed by atoms with Crippen molar-refractivity contribution < 1.29 is 23.0 Å². The Kier molecular flexibility index (Phi) is 6.76. The SMILES string of the molecule is Cc1[nH]nc2c1C(c1cc(C#CCCCCO)cc(C(F)(F)F)c1)(C(C)C)C(C#N)=C(N)O2. The number of halogens is 3. The largest absolute Gasteiger partial charge is 0.420 e. The number of alkyl halides is 3. The predicted octanol–water partition coefficient (Wildman–Crippen LogP) is 4.28. The third kappa shape index (κ3) is 4.29. The van der Waals surface area contributed by atoms with E-state index in [1.54, 1.807) is 13.0 Å². The third-order valence-corrected chi connectivity index (χ3v) is 5.79. The molecule has 9 heteroatoms. The lowest BCUT2D eigenvalue weighted by Gasteiger charge is -2.41. The molecule has 6 nitrogen and oxygen atoms in total. The number of aryl methyl sites for hydroxylation is 1. The molecule has 1 aromatic heterocycles. The van der Waals surface area contributed by atoms with Crippen molar-refractivity contribution in [1.82, 2.24) is 10.2 Å². The van der Waals surface area contributed by atoms with Crippen molar-refractivity contribution in [3.05, 3.63) is 57.6 Å². The van der Waals surface area contributed by atoms with Gasteiger partial charge in [-0.25, -0.2) is 0 Å². The monoisotopic (exact) mass is 458 g/mol. The number of fused-ring (bicyclic) bond motifs is 1. The molecule has 0 aliphatic carbocycles. The number of aliphatic hydroxyl groups excluding tert-OH is 1. The van der Waals surface area contributed by atoms with Crippen LogP contribution in [-0.2, 0) is 11.6 Å². The van der Waals surface area contributed by atoms with Gasteiger partial charge < -0.3 is 15.6 Å². The maximum absolute atomic E-state index is 13.9. The summed E-state index contributed by atoms with van der Waals surface area (Å²) >= 11 is 0. The van der Waals surface area contributed by atoms with Crippen LogP contribution >= 0.6 is 0 Å². The number of H-pyrrole nitrogens is 1. The Bertz CT molecular complexity index is 1180. The number of hydrogen-bond acceptors (Lipinski definition) is 5. The van der Waals surface area contributed by atoms with Crippen molar-refractivity contribution in [3.8, 4) is 23.8 Å². The first-order chi connectivity index (χ1) is 15.6. The highest BCUT2D eigenvalue weighted by molar-refractivity contribution is 5.63. The number of nitrogens with one attached hydrogen (secondary N) is 1. The Hall–Kier alpha value is -3.43. The van der Waals surface area contributed by atoms with E-state index in [4.69, 9.17) is 15.6 Å². The number of nitrogens with zero attached hydrogens (tertiary/aromatic N) is 2. The van der Waals surface area contributed by atoms with Crippen LogP contribution in [0.5, 0.6) is 5.88 Å². The molecule has 0 bridgehead atoms. The minimum absolute atomic E-state index is 0.0238. The van der Waals surface area contributed by atoms with Crippen molar-refractivity contribution >= 4 is 0 Å². The Balaban J connectivity index is 2.33. The van der Waals surface area contributed by atoms with Crippen molar-refractivity contribution in [1.29, 1.82) is 5.26 Å². The van der Waals surface area contributed by atoms with E-state index < -0.39 is 17.2 Å². The molecule has 0 saturated heterocycles. The van der Waals surface area contributed by atoms with Crippen molar-refractivity contribution in [2.75, 3.05) is 6.61 Å². The van der Waals surface area contributed by atoms with Crippen LogP contribution < -0.4 is 10.5 Å². The summed E-state index contributed by atoms with van der Waals surface area (Å²) in [7, 11) is 0. The molecule has 4 N–H and O–H groups in total. The highest BCUT2D eigenvalue weighted by Crippen LogP contribution is 2.53. The number of nitriles is 1. The molecule has 1 atom stereocenters. The van der Waals surface area contributed by atoms with Crippen LogP contribution in [0, 0.1) is 36.0 Å². The van der Waals surface area contributed by atoms with Crippen LogP contribution in [0.4, 0.5) is 13.2 Å². The summed E-state index contributed by atoms with van der Waals surface area (Å²) in [5.41, 5.74) is 5.35. The zero-order chi connectivity index (χ0) is 24.4. The van der Waals surface area contributed by atoms with E-state index in [-0.39, 0.29) is 41.0 Å². The quantitative estimate of drug-likeness (QED) is 0.458. The van der Waals surface area contributed by atoms with Gasteiger partial charge in [-0.1, -0.05) is 25.7 Å². The van der Waals surface area contributed by atoms with Gasteiger partial charge in [0.05, 0.1) is 16.5 Å². The van der Waals surface area contributed by atoms with E-state index in [9.17, 15) is 18.4 Å². The molecule has 1 aromatic carbocycles. The van der Waals surface area contributed by atoms with E-state index in [0.717, 1.165) is 12.1 Å². The van der Waals surface area contributed by atoms with Gasteiger partial charge in [0.2, 0.25) is 11.8 Å². The predicted molar refractivity (Wildman–Crippen MR) is 116 cm³/mol. The first kappa shape index (κ1) is 24.2. The molecular weight excluding hydrogens is 433 g/mol. The summed E-state index contributed by atoms with van der Waals surface area (Å²) in [6.07, 6.45) is -2.98. The Morgan fingerprint density at radius 3 is 2.61 bits per heavy atom. The fourth-order valence-corrected chi connectivity index (χ4v) is 4.34. The van der Waals surface area contributed by atoms with Gasteiger partial charge >= 0.3 is 6.18 Å². The number of aliphatic hydroxyl groups is 1. The molecule has 1 aliphatic heterocycles. The molecule has 1 unspecified atom stereocenters. The number of allylic oxidation sites excluding steroid dienone is 1. The topological polar surface area (TPSA) is 108 Å². The van der Waals surface area contributed by atoms with Gasteiger partial charge in [-0.3, -0.25) is 5.10 Å². The standard InChI is InChI=1S/C24H25F3N4O2/c1-14(2)23(19(13-28)21(29)33-22-20(23)15(3)30-31-22)17-10-16(8-6-4-5-7-9-32)11-18(12-17)24(25,26)27/h10-12,14,32H,4-5,7,9,29H2,1-3H3,(H,30,31). The summed E-state index contributed by atoms with van der Waals surface area (Å²) in [6, 6.07) is 5.69. The number of ether oxygens (including phenoxy) is 1. The van der Waals surface area contributed by atoms with Gasteiger partial charge in [0, 0.05) is 24.3 Å². The first-order valence-electron chi connectivity index (χ1n) is 10.5. The maximum Gasteiger partial charge on any atom is 0.416 e. The van der Waals surface area contributed by atoms with Crippen LogP contribution in [0.15, 0.2) is 29.7 Å². The van der Waals surface area contributed by atoms with Crippen molar-refractivity contribution in [3.63, 3.8) is 0 Å². The average Bonchev–Trinajstić information content (AvgIpc) is 3.11. The third-order valence-electron chi connectivity index (χ3n) is 5.79. The molecule has 0 fully saturated rings. The lowest BCUT2D eigenvalue weighted by Crippen LogP contribution is -2.41. The van der Waals surface area contributed by atoms with E-state index in [0.29, 0.717) is 30.5 Å². The number of hydrogen-bond donors (Lipinski definition) is 3. The zero-order valence-electron chi connectivity index (χ0n) is 18.6. The van der Waals surface area contributed by atoms with Crippen molar-refractivity contribution in [2.45, 2.75) is 51.6 Å². The van der Waals surface area contributed by atoms with E-state index >= 15 is 0 Å². The van der Waals surface area contributed by atoms with Crippen LogP contribution in [0.3, 0.4) is 0 Å². The molecule has 3 rings (SSSR count). The van der Waals surface area contributed by atoms with Crippen LogP contribution in [-0.4, -0.2) is 21.9 Å². The molecule has 0 saturated carbocycles. The van der Waals surface area contributed by atoms with Crippen LogP contribution in [0.1, 0.15) is 61.1 Å². The molecular formula is C24H25F3N4O2. The van der Waals surface area contributed by atoms with Crippen LogP contribution in [0.2, 0.25) is 0 Å². The summed E-state index contributed by atoms with van der Waals surface area (Å²) in [5, 5.41) is 25.8. The minimum Gasteiger partial charge on any atom is -0.420 e. The van der Waals surface area contributed by atoms with Crippen LogP contribution in [0.25, 0.3) is 0 Å². The van der Waals surface area contributed by atoms with Gasteiger partial charge in [0.1, 0.15) is 11.6 Å². The fourth-order valence-electron chi connectivity index (χ4n) is 4.34. The molecule has 0 spiro atoms. The lowest BCUT2D eigenvalue weighted by atomic mass is 9.61. The highest BCUT2D eigenvalue weighted by atomic mass is 19.4. The second kappa shape index (κ2) is 9.21. The van der Waals surface area contributed by atoms with E-state index in [1.807, 2.05) is 13.8 Å². The summed E-state index contributed by atoms with van der Waals surface area (Å²) in [4.78, 5) is 0. The summed E-state index contributed by atoms with van der Waals surface area (Å²) < 4.78 is 47.2. The Morgan fingerprint density at radius 2 is 2.00 bits per heavy atom. The van der Waals surface area contributed by atoms with E-state index in [2.05, 4.69) is 28.1 Å². The number of aromatic amines is 1. The lowest BCUT2D eigenvalue weighted by molar-refractivity contribution is -0.137. The van der Waals surface area contributed by atoms with E-state index in [1.165, 1.54) is 0 Å². The Labute approximate surface area is 190 Å². The molecule has 174 valence electrons. The Morgan fingerprint density at radius 1 is 1.27 bits per heavy atom. The van der Waals surface area contributed by atoms with Gasteiger partial charge in [-0.05, 0) is 49.4 Å². The highest BCUT2D eigenvalue weighted by Gasteiger charge is 2.51. The van der Waals surface area contributed by atoms with Gasteiger partial charge in [-0.2, -0.15) is 18.4 Å². The number of nitrogens with two attached hydrogens (primary N) is 1. The molecule has 0 amide bonds. The second-order valence-corrected chi connectivity index (χ2v) is 8.22. The van der Waals surface area contributed by atoms with Gasteiger partial charge in [0.25, 0.3) is 0 Å². The number of rotatable bonds is 5. The summed E-state index contributed by atoms with van der Waals surface area (Å²) in [5.74, 6) is 5.24. The maximum atomic E-state index is 13.9. The molecule has 2 heterocycles. The number of unbranched alkanes of at least 4 members (excludes halogenated alkanes) is 2. The summed E-state index contributed by atoms with van der Waals surface area (Å²) in [6.45, 7) is 5.38. The van der Waals surface area contributed by atoms with Crippen molar-refractivity contribution in [2.24, 2.45) is 11.7 Å². The molecule has 2 aromatic rings. The second-order valence-electron chi connectivity index (χ2n) is 8.22. The molecule has 1 aliphatic rings. The minimum atomic E-state index is -4.62. The zero-order valence-corrected chi connectivity index (χ0v) is 18.6.